The Morgan fingerprint density at radius 1 is 1.41 bits per heavy atom. The van der Waals surface area contributed by atoms with Crippen molar-refractivity contribution >= 4 is 17.0 Å². The molecule has 0 aromatic carbocycles. The summed E-state index contributed by atoms with van der Waals surface area (Å²) < 4.78 is 1.11. The van der Waals surface area contributed by atoms with Crippen LogP contribution in [-0.2, 0) is 0 Å². The average molecular weight is 232 g/mol. The minimum Gasteiger partial charge on any atom is -0.294 e. The van der Waals surface area contributed by atoms with Crippen molar-refractivity contribution in [3.8, 4) is 0 Å². The Morgan fingerprint density at radius 3 is 2.71 bits per heavy atom. The highest BCUT2D eigenvalue weighted by atomic mass is 16.6. The summed E-state index contributed by atoms with van der Waals surface area (Å²) in [4.78, 5) is 33.1. The first-order chi connectivity index (χ1) is 8.02. The first-order valence-electron chi connectivity index (χ1n) is 4.82. The molecule has 2 aromatic heterocycles. The lowest BCUT2D eigenvalue weighted by molar-refractivity contribution is -0.386. The van der Waals surface area contributed by atoms with Crippen LogP contribution in [0.3, 0.4) is 0 Å². The van der Waals surface area contributed by atoms with Gasteiger partial charge in [-0.15, -0.1) is 0 Å². The molecule has 0 saturated carbocycles. The van der Waals surface area contributed by atoms with Gasteiger partial charge in [-0.25, -0.2) is 0 Å². The van der Waals surface area contributed by atoms with E-state index in [1.165, 1.54) is 13.1 Å². The fraction of sp³-hybridized carbons (Fsp3) is 0.0909. The van der Waals surface area contributed by atoms with E-state index in [1.807, 2.05) is 0 Å². The topological polar surface area (TPSA) is 81.7 Å². The second kappa shape index (κ2) is 3.82. The molecule has 6 nitrogen and oxygen atoms in total. The Balaban J connectivity index is 3.00. The van der Waals surface area contributed by atoms with Gasteiger partial charge in [0.05, 0.1) is 10.4 Å². The number of rotatable bonds is 2. The van der Waals surface area contributed by atoms with Crippen LogP contribution in [0.15, 0.2) is 35.3 Å². The summed E-state index contributed by atoms with van der Waals surface area (Å²) >= 11 is 0. The minimum atomic E-state index is -0.784. The van der Waals surface area contributed by atoms with E-state index in [-0.39, 0.29) is 11.3 Å². The van der Waals surface area contributed by atoms with Gasteiger partial charge in [0.15, 0.2) is 5.78 Å². The van der Waals surface area contributed by atoms with Crippen LogP contribution in [0, 0.1) is 10.1 Å². The molecule has 2 aromatic rings. The number of ketones is 1. The van der Waals surface area contributed by atoms with Crippen LogP contribution in [0.5, 0.6) is 0 Å². The monoisotopic (exact) mass is 232 g/mol. The van der Waals surface area contributed by atoms with E-state index in [2.05, 4.69) is 0 Å². The Bertz CT molecular complexity index is 687. The molecule has 0 fully saturated rings. The zero-order chi connectivity index (χ0) is 12.6. The number of nitrogens with zero attached hydrogens (tertiary/aromatic N) is 2. The zero-order valence-electron chi connectivity index (χ0n) is 8.91. The molecule has 0 amide bonds. The third-order valence-corrected chi connectivity index (χ3v) is 2.43. The van der Waals surface area contributed by atoms with Crippen LogP contribution in [0.1, 0.15) is 17.3 Å². The summed E-state index contributed by atoms with van der Waals surface area (Å²) in [6, 6.07) is 5.83. The average Bonchev–Trinajstić information content (AvgIpc) is 2.29. The lowest BCUT2D eigenvalue weighted by Crippen LogP contribution is -2.19. The maximum atomic E-state index is 11.8. The molecule has 0 aliphatic carbocycles. The maximum Gasteiger partial charge on any atom is 0.335 e. The highest BCUT2D eigenvalue weighted by Crippen LogP contribution is 2.15. The molecule has 0 aliphatic rings. The summed E-state index contributed by atoms with van der Waals surface area (Å²) in [5.74, 6) is -0.322. The van der Waals surface area contributed by atoms with Crippen LogP contribution in [0.25, 0.3) is 5.52 Å². The fourth-order valence-electron chi connectivity index (χ4n) is 1.65. The van der Waals surface area contributed by atoms with Gasteiger partial charge in [0, 0.05) is 17.8 Å². The van der Waals surface area contributed by atoms with Gasteiger partial charge in [-0.1, -0.05) is 6.07 Å². The van der Waals surface area contributed by atoms with Crippen molar-refractivity contribution in [3.63, 3.8) is 0 Å². The lowest BCUT2D eigenvalue weighted by atomic mass is 10.1. The Hall–Kier alpha value is -2.50. The third kappa shape index (κ3) is 1.69. The van der Waals surface area contributed by atoms with Gasteiger partial charge in [-0.05, 0) is 19.1 Å². The minimum absolute atomic E-state index is 0.164. The van der Waals surface area contributed by atoms with Crippen LogP contribution in [0.2, 0.25) is 0 Å². The third-order valence-electron chi connectivity index (χ3n) is 2.43. The van der Waals surface area contributed by atoms with Gasteiger partial charge >= 0.3 is 11.2 Å². The van der Waals surface area contributed by atoms with E-state index in [9.17, 15) is 19.7 Å². The van der Waals surface area contributed by atoms with E-state index >= 15 is 0 Å². The molecule has 0 saturated heterocycles. The van der Waals surface area contributed by atoms with Gasteiger partial charge in [0.1, 0.15) is 0 Å². The van der Waals surface area contributed by atoms with E-state index in [0.717, 1.165) is 10.5 Å². The number of hydrogen-bond donors (Lipinski definition) is 0. The SMILES string of the molecule is CC(=O)c1cc([N+](=O)[O-])c(=O)n2ccccc12. The van der Waals surface area contributed by atoms with Gasteiger partial charge in [-0.3, -0.25) is 24.1 Å². The number of pyridine rings is 2. The van der Waals surface area contributed by atoms with E-state index in [4.69, 9.17) is 0 Å². The number of nitro groups is 1. The summed E-state index contributed by atoms with van der Waals surface area (Å²) in [6.45, 7) is 1.30. The normalized spacial score (nSPS) is 10.4. The van der Waals surface area contributed by atoms with Crippen LogP contribution in [-0.4, -0.2) is 15.1 Å². The predicted octanol–water partition coefficient (Wildman–Crippen LogP) is 1.41. The number of aromatic nitrogens is 1. The lowest BCUT2D eigenvalue weighted by Gasteiger charge is -2.04. The summed E-state index contributed by atoms with van der Waals surface area (Å²) in [6.07, 6.45) is 1.40. The van der Waals surface area contributed by atoms with Crippen LogP contribution in [0.4, 0.5) is 5.69 Å². The van der Waals surface area contributed by atoms with Crippen LogP contribution >= 0.6 is 0 Å². The van der Waals surface area contributed by atoms with E-state index in [1.54, 1.807) is 18.2 Å². The molecule has 0 N–H and O–H groups in total. The number of hydrogen-bond acceptors (Lipinski definition) is 4. The van der Waals surface area contributed by atoms with Gasteiger partial charge in [-0.2, -0.15) is 0 Å². The van der Waals surface area contributed by atoms with Gasteiger partial charge in [0.2, 0.25) is 0 Å². The molecule has 0 radical (unpaired) electrons. The van der Waals surface area contributed by atoms with E-state index in [0.29, 0.717) is 5.52 Å². The number of fused-ring (bicyclic) bond motifs is 1. The molecule has 0 atom stereocenters. The standard InChI is InChI=1S/C11H8N2O4/c1-7(14)8-6-10(13(16)17)11(15)12-5-3-2-4-9(8)12/h2-6H,1H3. The molecule has 2 rings (SSSR count). The van der Waals surface area contributed by atoms with Crippen molar-refractivity contribution in [1.82, 2.24) is 4.40 Å². The summed E-state index contributed by atoms with van der Waals surface area (Å²) in [5.41, 5.74) is -0.804. The molecule has 0 aliphatic heterocycles. The highest BCUT2D eigenvalue weighted by molar-refractivity contribution is 6.01. The second-order valence-corrected chi connectivity index (χ2v) is 3.52. The zero-order valence-corrected chi connectivity index (χ0v) is 8.91. The van der Waals surface area contributed by atoms with Gasteiger partial charge in [0.25, 0.3) is 0 Å². The molecule has 0 bridgehead atoms. The molecule has 86 valence electrons. The second-order valence-electron chi connectivity index (χ2n) is 3.52. The van der Waals surface area contributed by atoms with E-state index < -0.39 is 16.2 Å². The molecular weight excluding hydrogens is 224 g/mol. The first kappa shape index (κ1) is 11.0. The predicted molar refractivity (Wildman–Crippen MR) is 60.3 cm³/mol. The van der Waals surface area contributed by atoms with Crippen molar-refractivity contribution < 1.29 is 9.72 Å². The van der Waals surface area contributed by atoms with Crippen LogP contribution < -0.4 is 5.56 Å². The Labute approximate surface area is 95.3 Å². The summed E-state index contributed by atoms with van der Waals surface area (Å²) in [7, 11) is 0. The summed E-state index contributed by atoms with van der Waals surface area (Å²) in [5, 5.41) is 10.7. The molecule has 0 unspecified atom stereocenters. The first-order valence-corrected chi connectivity index (χ1v) is 4.82. The van der Waals surface area contributed by atoms with Crippen molar-refractivity contribution in [1.29, 1.82) is 0 Å². The fourth-order valence-corrected chi connectivity index (χ4v) is 1.65. The molecular formula is C11H8N2O4. The molecule has 6 heteroatoms. The Kier molecular flexibility index (Phi) is 2.47. The van der Waals surface area contributed by atoms with Gasteiger partial charge < -0.3 is 0 Å². The Morgan fingerprint density at radius 2 is 2.12 bits per heavy atom. The molecule has 2 heterocycles. The van der Waals surface area contributed by atoms with Crippen molar-refractivity contribution in [3.05, 3.63) is 56.5 Å². The quantitative estimate of drug-likeness (QED) is 0.445. The number of carbonyl (C=O) groups excluding carboxylic acids is 1. The molecule has 0 spiro atoms. The molecule has 17 heavy (non-hydrogen) atoms. The largest absolute Gasteiger partial charge is 0.335 e. The maximum absolute atomic E-state index is 11.8. The van der Waals surface area contributed by atoms with Crippen molar-refractivity contribution in [2.45, 2.75) is 6.92 Å². The number of carbonyl (C=O) groups is 1. The number of Topliss-reactive ketones (excluding diaryl/α,β-unsaturated/α-hetero) is 1. The van der Waals surface area contributed by atoms with Crippen molar-refractivity contribution in [2.24, 2.45) is 0 Å². The van der Waals surface area contributed by atoms with Crippen molar-refractivity contribution in [2.75, 3.05) is 0 Å². The highest BCUT2D eigenvalue weighted by Gasteiger charge is 2.19. The smallest absolute Gasteiger partial charge is 0.294 e.